The fourth-order valence-corrected chi connectivity index (χ4v) is 4.53. The van der Waals surface area contributed by atoms with E-state index in [4.69, 9.17) is 4.74 Å². The van der Waals surface area contributed by atoms with Gasteiger partial charge in [0.1, 0.15) is 22.9 Å². The van der Waals surface area contributed by atoms with Gasteiger partial charge in [-0.05, 0) is 44.7 Å². The minimum absolute atomic E-state index is 0.0974. The summed E-state index contributed by atoms with van der Waals surface area (Å²) < 4.78 is 8.69. The van der Waals surface area contributed by atoms with E-state index in [1.54, 1.807) is 36.9 Å². The van der Waals surface area contributed by atoms with E-state index in [0.29, 0.717) is 49.0 Å². The lowest BCUT2D eigenvalue weighted by Crippen LogP contribution is -2.58. The van der Waals surface area contributed by atoms with Crippen LogP contribution in [0.2, 0.25) is 0 Å². The average Bonchev–Trinajstić information content (AvgIpc) is 3.27. The van der Waals surface area contributed by atoms with Crippen molar-refractivity contribution in [2.24, 2.45) is 0 Å². The van der Waals surface area contributed by atoms with Gasteiger partial charge in [-0.1, -0.05) is 0 Å². The third kappa shape index (κ3) is 4.01. The van der Waals surface area contributed by atoms with Crippen molar-refractivity contribution in [3.05, 3.63) is 46.5 Å². The maximum absolute atomic E-state index is 13.1. The van der Waals surface area contributed by atoms with Crippen LogP contribution >= 0.6 is 0 Å². The molecule has 2 atom stereocenters. The highest BCUT2D eigenvalue weighted by molar-refractivity contribution is 6.00. The Morgan fingerprint density at radius 2 is 2.09 bits per heavy atom. The Balaban J connectivity index is 1.46. The molecule has 180 valence electrons. The van der Waals surface area contributed by atoms with Crippen LogP contribution in [-0.2, 0) is 4.74 Å². The maximum Gasteiger partial charge on any atom is 0.274 e. The van der Waals surface area contributed by atoms with E-state index in [2.05, 4.69) is 26.0 Å². The fourth-order valence-electron chi connectivity index (χ4n) is 4.53. The van der Waals surface area contributed by atoms with Gasteiger partial charge in [-0.2, -0.15) is 9.61 Å². The first kappa shape index (κ1) is 22.4. The summed E-state index contributed by atoms with van der Waals surface area (Å²) >= 11 is 0. The van der Waals surface area contributed by atoms with E-state index in [1.165, 1.54) is 10.7 Å². The number of carbonyl (C=O) groups is 1. The maximum atomic E-state index is 13.1. The van der Waals surface area contributed by atoms with Gasteiger partial charge in [0.15, 0.2) is 5.65 Å². The molecule has 0 bridgehead atoms. The molecule has 3 aromatic heterocycles. The number of nitrogens with zero attached hydrogens (tertiary/aromatic N) is 4. The molecular formula is C23H29N7O4. The number of ether oxygens (including phenoxy) is 1. The first-order valence-corrected chi connectivity index (χ1v) is 11.5. The van der Waals surface area contributed by atoms with Gasteiger partial charge in [0.2, 0.25) is 0 Å². The number of fused-ring (bicyclic) bond motifs is 1. The van der Waals surface area contributed by atoms with E-state index < -0.39 is 5.60 Å². The third-order valence-electron chi connectivity index (χ3n) is 6.79. The van der Waals surface area contributed by atoms with Crippen molar-refractivity contribution < 1.29 is 14.6 Å². The predicted octanol–water partition coefficient (Wildman–Crippen LogP) is 1.67. The summed E-state index contributed by atoms with van der Waals surface area (Å²) in [6.07, 6.45) is 6.20. The quantitative estimate of drug-likeness (QED) is 0.430. The lowest BCUT2D eigenvalue weighted by Gasteiger charge is -2.42. The minimum Gasteiger partial charge on any atom is -0.388 e. The number of nitrogens with one attached hydrogen (secondary N) is 3. The van der Waals surface area contributed by atoms with Gasteiger partial charge in [0.05, 0.1) is 17.8 Å². The zero-order valence-corrected chi connectivity index (χ0v) is 19.2. The molecular weight excluding hydrogens is 438 g/mol. The molecule has 5 rings (SSSR count). The van der Waals surface area contributed by atoms with Crippen LogP contribution in [0.15, 0.2) is 35.4 Å². The second-order valence-corrected chi connectivity index (χ2v) is 9.10. The van der Waals surface area contributed by atoms with Gasteiger partial charge >= 0.3 is 0 Å². The molecule has 0 aromatic carbocycles. The summed E-state index contributed by atoms with van der Waals surface area (Å²) in [6.45, 7) is 2.99. The molecule has 1 aliphatic heterocycles. The Bertz CT molecular complexity index is 1280. The van der Waals surface area contributed by atoms with Crippen LogP contribution in [0, 0.1) is 0 Å². The first-order chi connectivity index (χ1) is 16.4. The Hall–Kier alpha value is -3.44. The van der Waals surface area contributed by atoms with Crippen molar-refractivity contribution in [3.63, 3.8) is 0 Å². The number of pyridine rings is 1. The summed E-state index contributed by atoms with van der Waals surface area (Å²) in [6, 6.07) is 5.06. The number of aromatic nitrogens is 4. The van der Waals surface area contributed by atoms with Gasteiger partial charge in [0.25, 0.3) is 11.5 Å². The number of rotatable bonds is 6. The minimum atomic E-state index is -0.910. The van der Waals surface area contributed by atoms with E-state index in [0.717, 1.165) is 12.8 Å². The number of hydrogen-bond acceptors (Lipinski definition) is 8. The van der Waals surface area contributed by atoms with E-state index >= 15 is 0 Å². The summed E-state index contributed by atoms with van der Waals surface area (Å²) in [5.74, 6) is 0.653. The molecule has 34 heavy (non-hydrogen) atoms. The molecule has 4 heterocycles. The monoisotopic (exact) mass is 467 g/mol. The predicted molar refractivity (Wildman–Crippen MR) is 127 cm³/mol. The molecule has 11 nitrogen and oxygen atoms in total. The lowest BCUT2D eigenvalue weighted by molar-refractivity contribution is -0.0486. The highest BCUT2D eigenvalue weighted by Gasteiger charge is 2.42. The Kier molecular flexibility index (Phi) is 5.74. The van der Waals surface area contributed by atoms with Crippen molar-refractivity contribution in [2.45, 2.75) is 50.3 Å². The van der Waals surface area contributed by atoms with E-state index in [9.17, 15) is 14.7 Å². The zero-order chi connectivity index (χ0) is 23.9. The Morgan fingerprint density at radius 3 is 2.76 bits per heavy atom. The molecule has 0 spiro atoms. The number of anilines is 3. The van der Waals surface area contributed by atoms with Crippen molar-refractivity contribution in [1.29, 1.82) is 0 Å². The van der Waals surface area contributed by atoms with Crippen LogP contribution in [0.4, 0.5) is 17.3 Å². The second kappa shape index (κ2) is 8.73. The number of hydrogen-bond donors (Lipinski definition) is 4. The smallest absolute Gasteiger partial charge is 0.274 e. The molecule has 0 radical (unpaired) electrons. The molecule has 11 heteroatoms. The highest BCUT2D eigenvalue weighted by Crippen LogP contribution is 2.32. The molecule has 2 fully saturated rings. The topological polar surface area (TPSA) is 135 Å². The van der Waals surface area contributed by atoms with Crippen LogP contribution in [0.1, 0.15) is 49.0 Å². The van der Waals surface area contributed by atoms with Crippen molar-refractivity contribution in [3.8, 4) is 0 Å². The molecule has 4 N–H and O–H groups in total. The van der Waals surface area contributed by atoms with Crippen molar-refractivity contribution in [1.82, 2.24) is 24.5 Å². The molecule has 1 amide bonds. The molecule has 1 aliphatic carbocycles. The number of amides is 1. The van der Waals surface area contributed by atoms with E-state index in [-0.39, 0.29) is 29.1 Å². The Labute approximate surface area is 196 Å². The third-order valence-corrected chi connectivity index (χ3v) is 6.79. The zero-order valence-electron chi connectivity index (χ0n) is 19.2. The van der Waals surface area contributed by atoms with Crippen molar-refractivity contribution in [2.75, 3.05) is 30.9 Å². The summed E-state index contributed by atoms with van der Waals surface area (Å²) in [7, 11) is 1.74. The average molecular weight is 468 g/mol. The van der Waals surface area contributed by atoms with Crippen molar-refractivity contribution >= 4 is 28.9 Å². The van der Waals surface area contributed by atoms with Crippen LogP contribution < -0.4 is 21.5 Å². The highest BCUT2D eigenvalue weighted by atomic mass is 16.5. The first-order valence-electron chi connectivity index (χ1n) is 11.5. The van der Waals surface area contributed by atoms with Gasteiger partial charge in [-0.25, -0.2) is 4.98 Å². The molecule has 1 unspecified atom stereocenters. The normalized spacial score (nSPS) is 22.9. The molecule has 3 aromatic rings. The van der Waals surface area contributed by atoms with Crippen LogP contribution in [-0.4, -0.2) is 62.1 Å². The second-order valence-electron chi connectivity index (χ2n) is 9.10. The van der Waals surface area contributed by atoms with Crippen LogP contribution in [0.25, 0.3) is 5.65 Å². The largest absolute Gasteiger partial charge is 0.388 e. The molecule has 1 saturated carbocycles. The van der Waals surface area contributed by atoms with Crippen LogP contribution in [0.3, 0.4) is 0 Å². The molecule has 2 aliphatic rings. The summed E-state index contributed by atoms with van der Waals surface area (Å²) in [5, 5.41) is 23.6. The van der Waals surface area contributed by atoms with Crippen LogP contribution in [0.5, 0.6) is 0 Å². The molecule has 1 saturated heterocycles. The lowest BCUT2D eigenvalue weighted by atomic mass is 9.76. The summed E-state index contributed by atoms with van der Waals surface area (Å²) in [4.78, 5) is 30.7. The SMILES string of the molecule is CNc1cc(Nc2cccn(C3CCOCC3)c2=O)nc2c(C(=O)NC3CC[C@]3(C)O)cnn12. The van der Waals surface area contributed by atoms with E-state index in [1.807, 2.05) is 6.07 Å². The number of carbonyl (C=O) groups excluding carboxylic acids is 1. The Morgan fingerprint density at radius 1 is 1.29 bits per heavy atom. The van der Waals surface area contributed by atoms with Gasteiger partial charge in [-0.3, -0.25) is 9.59 Å². The number of aliphatic hydroxyl groups is 1. The standard InChI is InChI=1S/C23H29N7O4/c1-23(33)8-5-17(23)27-21(31)15-13-25-30-19(24-2)12-18(28-20(15)30)26-16-4-3-9-29(22(16)32)14-6-10-34-11-7-14/h3-4,9,12-14,17,24,33H,5-8,10-11H2,1-2H3,(H,26,28)(H,27,31)/t17?,23-/m0/s1. The summed E-state index contributed by atoms with van der Waals surface area (Å²) in [5.41, 5.74) is -0.0289. The van der Waals surface area contributed by atoms with Gasteiger partial charge in [-0.15, -0.1) is 0 Å². The van der Waals surface area contributed by atoms with Gasteiger partial charge < -0.3 is 30.4 Å². The van der Waals surface area contributed by atoms with Gasteiger partial charge in [0, 0.05) is 38.6 Å². The fraction of sp³-hybridized carbons (Fsp3) is 0.478.